The molecule has 0 unspecified atom stereocenters. The summed E-state index contributed by atoms with van der Waals surface area (Å²) in [6, 6.07) is 4.43. The Labute approximate surface area is 175 Å². The lowest BCUT2D eigenvalue weighted by molar-refractivity contribution is -0.137. The number of methoxy groups -OCH3 is 1. The number of benzene rings is 1. The molecule has 2 rings (SSSR count). The van der Waals surface area contributed by atoms with Gasteiger partial charge in [0.1, 0.15) is 0 Å². The van der Waals surface area contributed by atoms with Crippen molar-refractivity contribution in [2.24, 2.45) is 5.92 Å². The predicted molar refractivity (Wildman–Crippen MR) is 106 cm³/mol. The van der Waals surface area contributed by atoms with Crippen molar-refractivity contribution in [3.05, 3.63) is 35.4 Å². The lowest BCUT2D eigenvalue weighted by Gasteiger charge is -2.37. The Bertz CT molecular complexity index is 684. The number of hydrogen-bond donors (Lipinski definition) is 1. The molecule has 1 amide bonds. The van der Waals surface area contributed by atoms with E-state index in [0.717, 1.165) is 12.1 Å². The molecule has 0 radical (unpaired) electrons. The van der Waals surface area contributed by atoms with Crippen molar-refractivity contribution in [2.75, 3.05) is 53.0 Å². The minimum Gasteiger partial charge on any atom is -0.392 e. The first kappa shape index (κ1) is 24.6. The topological polar surface area (TPSA) is 62.2 Å². The van der Waals surface area contributed by atoms with Gasteiger partial charge in [-0.15, -0.1) is 0 Å². The Morgan fingerprint density at radius 1 is 1.40 bits per heavy atom. The van der Waals surface area contributed by atoms with Crippen molar-refractivity contribution in [1.29, 1.82) is 0 Å². The number of hydrogen-bond acceptors (Lipinski definition) is 5. The van der Waals surface area contributed by atoms with Crippen molar-refractivity contribution >= 4 is 5.91 Å². The third kappa shape index (κ3) is 7.23. The maximum absolute atomic E-state index is 13.0. The van der Waals surface area contributed by atoms with Crippen LogP contribution in [0.5, 0.6) is 0 Å². The number of carbonyl (C=O) groups is 1. The molecule has 1 N–H and O–H groups in total. The van der Waals surface area contributed by atoms with Gasteiger partial charge in [0.15, 0.2) is 0 Å². The number of nitrogens with zero attached hydrogens (tertiary/aromatic N) is 2. The number of halogens is 3. The van der Waals surface area contributed by atoms with E-state index >= 15 is 0 Å². The van der Waals surface area contributed by atoms with Gasteiger partial charge in [-0.2, -0.15) is 13.2 Å². The second kappa shape index (κ2) is 11.1. The first-order chi connectivity index (χ1) is 14.1. The van der Waals surface area contributed by atoms with E-state index in [1.807, 2.05) is 13.8 Å². The summed E-state index contributed by atoms with van der Waals surface area (Å²) < 4.78 is 49.9. The van der Waals surface area contributed by atoms with Gasteiger partial charge in [-0.25, -0.2) is 0 Å². The zero-order chi connectivity index (χ0) is 22.3. The summed E-state index contributed by atoms with van der Waals surface area (Å²) in [5, 5.41) is 10.1. The standard InChI is InChI=1S/C21H31F3N2O4/c1-15(2)19(27)14-25-7-10-30-18(12-25)13-26(8-9-29-3)20(28)16-5-4-6-17(11-16)21(22,23)24/h4-6,11,15,18-19,27H,7-10,12-14H2,1-3H3/t18-,19+/m0/s1. The number of alkyl halides is 3. The van der Waals surface area contributed by atoms with Gasteiger partial charge in [-0.05, 0) is 24.1 Å². The van der Waals surface area contributed by atoms with Crippen molar-refractivity contribution < 1.29 is 32.5 Å². The number of amides is 1. The second-order valence-corrected chi connectivity index (χ2v) is 7.89. The molecule has 0 bridgehead atoms. The zero-order valence-corrected chi connectivity index (χ0v) is 17.7. The monoisotopic (exact) mass is 432 g/mol. The summed E-state index contributed by atoms with van der Waals surface area (Å²) >= 11 is 0. The van der Waals surface area contributed by atoms with E-state index in [4.69, 9.17) is 9.47 Å². The number of ether oxygens (including phenoxy) is 2. The van der Waals surface area contributed by atoms with E-state index < -0.39 is 23.8 Å². The van der Waals surface area contributed by atoms with Gasteiger partial charge < -0.3 is 19.5 Å². The smallest absolute Gasteiger partial charge is 0.392 e. The van der Waals surface area contributed by atoms with Gasteiger partial charge in [0.05, 0.1) is 31.0 Å². The first-order valence-electron chi connectivity index (χ1n) is 10.1. The highest BCUT2D eigenvalue weighted by Gasteiger charge is 2.32. The maximum Gasteiger partial charge on any atom is 0.416 e. The normalized spacial score (nSPS) is 19.1. The number of morpholine rings is 1. The highest BCUT2D eigenvalue weighted by atomic mass is 19.4. The van der Waals surface area contributed by atoms with E-state index in [0.29, 0.717) is 26.2 Å². The van der Waals surface area contributed by atoms with Crippen LogP contribution in [-0.2, 0) is 15.7 Å². The molecule has 0 spiro atoms. The van der Waals surface area contributed by atoms with Crippen LogP contribution < -0.4 is 0 Å². The summed E-state index contributed by atoms with van der Waals surface area (Å²) in [6.07, 6.45) is -5.28. The molecule has 1 fully saturated rings. The molecule has 1 aromatic rings. The molecule has 0 saturated carbocycles. The average molecular weight is 432 g/mol. The van der Waals surface area contributed by atoms with Gasteiger partial charge in [-0.3, -0.25) is 9.69 Å². The number of aliphatic hydroxyl groups excluding tert-OH is 1. The molecule has 1 aromatic carbocycles. The van der Waals surface area contributed by atoms with E-state index in [-0.39, 0.29) is 37.3 Å². The number of rotatable bonds is 9. The minimum absolute atomic E-state index is 0.0242. The van der Waals surface area contributed by atoms with Crippen LogP contribution in [0.1, 0.15) is 29.8 Å². The Morgan fingerprint density at radius 2 is 2.13 bits per heavy atom. The van der Waals surface area contributed by atoms with E-state index in [1.165, 1.54) is 24.1 Å². The summed E-state index contributed by atoms with van der Waals surface area (Å²) in [5.41, 5.74) is -0.883. The number of β-amino-alcohol motifs (C(OH)–C–C–N with tert-alkyl or cyclic N) is 1. The van der Waals surface area contributed by atoms with Gasteiger partial charge in [0, 0.05) is 45.4 Å². The van der Waals surface area contributed by atoms with Crippen molar-refractivity contribution in [2.45, 2.75) is 32.2 Å². The van der Waals surface area contributed by atoms with Gasteiger partial charge in [0.25, 0.3) is 5.91 Å². The van der Waals surface area contributed by atoms with Crippen LogP contribution in [0.3, 0.4) is 0 Å². The summed E-state index contributed by atoms with van der Waals surface area (Å²) in [4.78, 5) is 16.5. The Kier molecular flexibility index (Phi) is 9.09. The summed E-state index contributed by atoms with van der Waals surface area (Å²) in [7, 11) is 1.50. The van der Waals surface area contributed by atoms with Crippen LogP contribution in [0.25, 0.3) is 0 Å². The van der Waals surface area contributed by atoms with Gasteiger partial charge in [0.2, 0.25) is 0 Å². The van der Waals surface area contributed by atoms with Crippen LogP contribution in [-0.4, -0.2) is 86.1 Å². The molecule has 6 nitrogen and oxygen atoms in total. The zero-order valence-electron chi connectivity index (χ0n) is 17.7. The van der Waals surface area contributed by atoms with E-state index in [2.05, 4.69) is 4.90 Å². The fourth-order valence-corrected chi connectivity index (χ4v) is 3.27. The highest BCUT2D eigenvalue weighted by Crippen LogP contribution is 2.29. The average Bonchev–Trinajstić information content (AvgIpc) is 2.70. The number of carbonyl (C=O) groups excluding carboxylic acids is 1. The molecule has 1 aliphatic heterocycles. The molecule has 1 aliphatic rings. The molecule has 0 aliphatic carbocycles. The van der Waals surface area contributed by atoms with Crippen molar-refractivity contribution in [3.8, 4) is 0 Å². The predicted octanol–water partition coefficient (Wildman–Crippen LogP) is 2.51. The lowest BCUT2D eigenvalue weighted by atomic mass is 10.1. The second-order valence-electron chi connectivity index (χ2n) is 7.89. The molecule has 1 saturated heterocycles. The third-order valence-electron chi connectivity index (χ3n) is 5.15. The number of aliphatic hydroxyl groups is 1. The van der Waals surface area contributed by atoms with Crippen LogP contribution in [0.4, 0.5) is 13.2 Å². The first-order valence-corrected chi connectivity index (χ1v) is 10.1. The fourth-order valence-electron chi connectivity index (χ4n) is 3.27. The molecule has 30 heavy (non-hydrogen) atoms. The Morgan fingerprint density at radius 3 is 2.77 bits per heavy atom. The largest absolute Gasteiger partial charge is 0.416 e. The van der Waals surface area contributed by atoms with Crippen LogP contribution in [0, 0.1) is 5.92 Å². The molecule has 9 heteroatoms. The molecule has 2 atom stereocenters. The van der Waals surface area contributed by atoms with Crippen LogP contribution >= 0.6 is 0 Å². The molecule has 1 heterocycles. The molecular formula is C21H31F3N2O4. The Hall–Kier alpha value is -1.68. The van der Waals surface area contributed by atoms with Crippen molar-refractivity contribution in [3.63, 3.8) is 0 Å². The van der Waals surface area contributed by atoms with Crippen LogP contribution in [0.15, 0.2) is 24.3 Å². The van der Waals surface area contributed by atoms with Crippen LogP contribution in [0.2, 0.25) is 0 Å². The van der Waals surface area contributed by atoms with Gasteiger partial charge >= 0.3 is 6.18 Å². The highest BCUT2D eigenvalue weighted by molar-refractivity contribution is 5.94. The van der Waals surface area contributed by atoms with E-state index in [1.54, 1.807) is 0 Å². The maximum atomic E-state index is 13.0. The lowest BCUT2D eigenvalue weighted by Crippen LogP contribution is -2.51. The summed E-state index contributed by atoms with van der Waals surface area (Å²) in [5.74, 6) is -0.368. The third-order valence-corrected chi connectivity index (χ3v) is 5.15. The Balaban J connectivity index is 2.09. The quantitative estimate of drug-likeness (QED) is 0.650. The van der Waals surface area contributed by atoms with E-state index in [9.17, 15) is 23.1 Å². The summed E-state index contributed by atoms with van der Waals surface area (Å²) in [6.45, 7) is 6.80. The van der Waals surface area contributed by atoms with Crippen molar-refractivity contribution in [1.82, 2.24) is 9.80 Å². The fraction of sp³-hybridized carbons (Fsp3) is 0.667. The minimum atomic E-state index is -4.52. The molecule has 0 aromatic heterocycles. The molecule has 170 valence electrons. The molecular weight excluding hydrogens is 401 g/mol. The SMILES string of the molecule is COCCN(C[C@@H]1CN(C[C@@H](O)C(C)C)CCO1)C(=O)c1cccc(C(F)(F)F)c1. The van der Waals surface area contributed by atoms with Gasteiger partial charge in [-0.1, -0.05) is 19.9 Å².